The second kappa shape index (κ2) is 5.62. The molecule has 19 heavy (non-hydrogen) atoms. The van der Waals surface area contributed by atoms with Crippen molar-refractivity contribution < 1.29 is 14.5 Å². The normalized spacial score (nSPS) is 9.95. The van der Waals surface area contributed by atoms with Crippen molar-refractivity contribution in [3.05, 3.63) is 62.6 Å². The molecule has 0 spiro atoms. The zero-order chi connectivity index (χ0) is 13.8. The van der Waals surface area contributed by atoms with Crippen LogP contribution in [-0.2, 0) is 0 Å². The lowest BCUT2D eigenvalue weighted by atomic mass is 10.2. The van der Waals surface area contributed by atoms with E-state index in [9.17, 15) is 14.9 Å². The van der Waals surface area contributed by atoms with Gasteiger partial charge in [0.1, 0.15) is 12.0 Å². The zero-order valence-corrected chi connectivity index (χ0v) is 11.2. The maximum absolute atomic E-state index is 10.9. The van der Waals surface area contributed by atoms with Gasteiger partial charge in [-0.2, -0.15) is 0 Å². The molecule has 2 aromatic carbocycles. The van der Waals surface area contributed by atoms with Crippen LogP contribution in [0.3, 0.4) is 0 Å². The van der Waals surface area contributed by atoms with Crippen LogP contribution in [0.25, 0.3) is 0 Å². The number of aldehydes is 1. The Morgan fingerprint density at radius 2 is 2.00 bits per heavy atom. The molecule has 0 amide bonds. The molecule has 0 N–H and O–H groups in total. The summed E-state index contributed by atoms with van der Waals surface area (Å²) < 4.78 is 6.04. The molecule has 0 atom stereocenters. The average molecular weight is 322 g/mol. The number of hydrogen-bond acceptors (Lipinski definition) is 4. The second-order valence-corrected chi connectivity index (χ2v) is 4.58. The number of carbonyl (C=O) groups excluding carboxylic acids is 1. The van der Waals surface area contributed by atoms with Crippen LogP contribution in [0, 0.1) is 10.1 Å². The molecule has 0 aromatic heterocycles. The van der Waals surface area contributed by atoms with Gasteiger partial charge >= 0.3 is 5.69 Å². The molecule has 2 rings (SSSR count). The number of hydrogen-bond donors (Lipinski definition) is 0. The summed E-state index contributed by atoms with van der Waals surface area (Å²) in [5.41, 5.74) is 0.295. The SMILES string of the molecule is O=Cc1cccc(Oc2ccc(Br)cc2[N+](=O)[O-])c1. The van der Waals surface area contributed by atoms with Crippen LogP contribution >= 0.6 is 15.9 Å². The van der Waals surface area contributed by atoms with E-state index in [0.29, 0.717) is 22.1 Å². The minimum absolute atomic E-state index is 0.122. The van der Waals surface area contributed by atoms with Gasteiger partial charge in [-0.3, -0.25) is 14.9 Å². The molecule has 6 heteroatoms. The van der Waals surface area contributed by atoms with E-state index in [-0.39, 0.29) is 11.4 Å². The molecule has 0 bridgehead atoms. The number of carbonyl (C=O) groups is 1. The lowest BCUT2D eigenvalue weighted by Gasteiger charge is -2.06. The van der Waals surface area contributed by atoms with Crippen LogP contribution in [0.5, 0.6) is 11.5 Å². The highest BCUT2D eigenvalue weighted by Gasteiger charge is 2.16. The van der Waals surface area contributed by atoms with E-state index in [1.165, 1.54) is 18.2 Å². The van der Waals surface area contributed by atoms with Crippen LogP contribution in [0.4, 0.5) is 5.69 Å². The summed E-state index contributed by atoms with van der Waals surface area (Å²) in [4.78, 5) is 21.1. The molecule has 0 heterocycles. The summed E-state index contributed by atoms with van der Waals surface area (Å²) in [7, 11) is 0. The highest BCUT2D eigenvalue weighted by atomic mass is 79.9. The van der Waals surface area contributed by atoms with Crippen molar-refractivity contribution in [1.29, 1.82) is 0 Å². The van der Waals surface area contributed by atoms with E-state index in [4.69, 9.17) is 4.74 Å². The first kappa shape index (κ1) is 13.2. The largest absolute Gasteiger partial charge is 0.450 e. The van der Waals surface area contributed by atoms with E-state index in [1.54, 1.807) is 24.3 Å². The van der Waals surface area contributed by atoms with Gasteiger partial charge in [0.15, 0.2) is 0 Å². The van der Waals surface area contributed by atoms with Crippen molar-refractivity contribution in [3.8, 4) is 11.5 Å². The van der Waals surface area contributed by atoms with Crippen LogP contribution in [-0.4, -0.2) is 11.2 Å². The van der Waals surface area contributed by atoms with Gasteiger partial charge in [0.25, 0.3) is 0 Å². The minimum atomic E-state index is -0.524. The topological polar surface area (TPSA) is 69.4 Å². The van der Waals surface area contributed by atoms with Crippen molar-refractivity contribution in [2.24, 2.45) is 0 Å². The maximum Gasteiger partial charge on any atom is 0.312 e. The van der Waals surface area contributed by atoms with Gasteiger partial charge in [-0.15, -0.1) is 0 Å². The van der Waals surface area contributed by atoms with Crippen molar-refractivity contribution in [2.75, 3.05) is 0 Å². The van der Waals surface area contributed by atoms with Crippen molar-refractivity contribution in [1.82, 2.24) is 0 Å². The highest BCUT2D eigenvalue weighted by Crippen LogP contribution is 2.33. The monoisotopic (exact) mass is 321 g/mol. The van der Waals surface area contributed by atoms with E-state index in [1.807, 2.05) is 0 Å². The van der Waals surface area contributed by atoms with Crippen molar-refractivity contribution >= 4 is 27.9 Å². The molecule has 5 nitrogen and oxygen atoms in total. The number of nitro benzene ring substituents is 1. The fourth-order valence-corrected chi connectivity index (χ4v) is 1.85. The molecule has 0 aliphatic rings. The molecule has 0 aliphatic carbocycles. The molecule has 0 saturated carbocycles. The fraction of sp³-hybridized carbons (Fsp3) is 0. The van der Waals surface area contributed by atoms with E-state index in [2.05, 4.69) is 15.9 Å². The Kier molecular flexibility index (Phi) is 3.91. The lowest BCUT2D eigenvalue weighted by molar-refractivity contribution is -0.385. The Morgan fingerprint density at radius 1 is 1.21 bits per heavy atom. The maximum atomic E-state index is 10.9. The van der Waals surface area contributed by atoms with Gasteiger partial charge in [0.2, 0.25) is 5.75 Å². The lowest BCUT2D eigenvalue weighted by Crippen LogP contribution is -1.94. The van der Waals surface area contributed by atoms with E-state index < -0.39 is 4.92 Å². The molecular formula is C13H8BrNO4. The van der Waals surface area contributed by atoms with Gasteiger partial charge in [0.05, 0.1) is 4.92 Å². The summed E-state index contributed by atoms with van der Waals surface area (Å²) in [6, 6.07) is 10.9. The van der Waals surface area contributed by atoms with Crippen LogP contribution < -0.4 is 4.74 Å². The number of nitrogens with zero attached hydrogens (tertiary/aromatic N) is 1. The molecule has 2 aromatic rings. The van der Waals surface area contributed by atoms with Crippen LogP contribution in [0.1, 0.15) is 10.4 Å². The van der Waals surface area contributed by atoms with Crippen molar-refractivity contribution in [2.45, 2.75) is 0 Å². The Bertz CT molecular complexity index is 642. The summed E-state index contributed by atoms with van der Waals surface area (Å²) in [6.07, 6.45) is 0.683. The molecular weight excluding hydrogens is 314 g/mol. The number of halogens is 1. The third-order valence-electron chi connectivity index (χ3n) is 2.34. The summed E-state index contributed by atoms with van der Waals surface area (Å²) in [6.45, 7) is 0. The predicted octanol–water partition coefficient (Wildman–Crippen LogP) is 3.96. The number of ether oxygens (including phenoxy) is 1. The average Bonchev–Trinajstić information content (AvgIpc) is 2.41. The number of benzene rings is 2. The first-order valence-electron chi connectivity index (χ1n) is 5.27. The zero-order valence-electron chi connectivity index (χ0n) is 9.58. The Hall–Kier alpha value is -2.21. The van der Waals surface area contributed by atoms with Crippen LogP contribution in [0.2, 0.25) is 0 Å². The Morgan fingerprint density at radius 3 is 2.68 bits per heavy atom. The number of rotatable bonds is 4. The molecule has 96 valence electrons. The van der Waals surface area contributed by atoms with Gasteiger partial charge in [0, 0.05) is 16.1 Å². The first-order valence-corrected chi connectivity index (χ1v) is 6.06. The number of nitro groups is 1. The second-order valence-electron chi connectivity index (χ2n) is 3.66. The Labute approximate surface area is 117 Å². The van der Waals surface area contributed by atoms with E-state index in [0.717, 1.165) is 0 Å². The Balaban J connectivity index is 2.37. The fourth-order valence-electron chi connectivity index (χ4n) is 1.50. The molecule has 0 radical (unpaired) electrons. The quantitative estimate of drug-likeness (QED) is 0.485. The van der Waals surface area contributed by atoms with Gasteiger partial charge < -0.3 is 4.74 Å². The minimum Gasteiger partial charge on any atom is -0.450 e. The summed E-state index contributed by atoms with van der Waals surface area (Å²) in [5, 5.41) is 10.9. The summed E-state index contributed by atoms with van der Waals surface area (Å²) >= 11 is 3.17. The molecule has 0 aliphatic heterocycles. The molecule has 0 saturated heterocycles. The van der Waals surface area contributed by atoms with Gasteiger partial charge in [-0.25, -0.2) is 0 Å². The molecule has 0 unspecified atom stereocenters. The van der Waals surface area contributed by atoms with Gasteiger partial charge in [-0.1, -0.05) is 28.1 Å². The van der Waals surface area contributed by atoms with Crippen LogP contribution in [0.15, 0.2) is 46.9 Å². The predicted molar refractivity (Wildman–Crippen MR) is 72.7 cm³/mol. The van der Waals surface area contributed by atoms with Crippen molar-refractivity contribution in [3.63, 3.8) is 0 Å². The highest BCUT2D eigenvalue weighted by molar-refractivity contribution is 9.10. The van der Waals surface area contributed by atoms with Gasteiger partial charge in [-0.05, 0) is 24.3 Å². The third-order valence-corrected chi connectivity index (χ3v) is 2.83. The third kappa shape index (κ3) is 3.17. The van der Waals surface area contributed by atoms with E-state index >= 15 is 0 Å². The standard InChI is InChI=1S/C13H8BrNO4/c14-10-4-5-13(12(7-10)15(17)18)19-11-3-1-2-9(6-11)8-16/h1-8H. The molecule has 0 fully saturated rings. The smallest absolute Gasteiger partial charge is 0.312 e. The first-order chi connectivity index (χ1) is 9.10. The summed E-state index contributed by atoms with van der Waals surface area (Å²) in [5.74, 6) is 0.492.